The molecule has 0 spiro atoms. The van der Waals surface area contributed by atoms with Gasteiger partial charge in [0.15, 0.2) is 5.17 Å². The number of allylic oxidation sites excluding steroid dienone is 1. The zero-order valence-electron chi connectivity index (χ0n) is 13.6. The lowest BCUT2D eigenvalue weighted by atomic mass is 10.0. The number of nitrogens with zero attached hydrogens (tertiary/aromatic N) is 2. The van der Waals surface area contributed by atoms with Gasteiger partial charge in [-0.2, -0.15) is 5.26 Å². The van der Waals surface area contributed by atoms with Crippen LogP contribution >= 0.6 is 11.8 Å². The molecule has 0 unspecified atom stereocenters. The first-order valence-electron chi connectivity index (χ1n) is 7.67. The monoisotopic (exact) mass is 345 g/mol. The molecule has 0 radical (unpaired) electrons. The first-order valence-corrected chi connectivity index (χ1v) is 8.49. The van der Waals surface area contributed by atoms with Crippen LogP contribution in [0.4, 0.5) is 0 Å². The first kappa shape index (κ1) is 16.7. The van der Waals surface area contributed by atoms with Crippen LogP contribution < -0.4 is 5.32 Å². The number of thioether (sulfide) groups is 1. The molecule has 122 valence electrons. The van der Waals surface area contributed by atoms with E-state index in [0.29, 0.717) is 10.1 Å². The number of nitrogens with one attached hydrogen (secondary N) is 1. The number of amidine groups is 1. The summed E-state index contributed by atoms with van der Waals surface area (Å²) in [5.41, 5.74) is 4.38. The summed E-state index contributed by atoms with van der Waals surface area (Å²) >= 11 is 1.17. The molecule has 5 heteroatoms. The van der Waals surface area contributed by atoms with E-state index < -0.39 is 0 Å². The third-order valence-electron chi connectivity index (χ3n) is 3.65. The fourth-order valence-corrected chi connectivity index (χ4v) is 3.18. The molecule has 1 fully saturated rings. The minimum atomic E-state index is -0.233. The number of aliphatic imine (C=N–C) groups is 1. The maximum Gasteiger partial charge on any atom is 0.264 e. The number of carbonyl (C=O) groups is 1. The molecule has 1 aliphatic rings. The van der Waals surface area contributed by atoms with Gasteiger partial charge in [0.25, 0.3) is 5.91 Å². The number of rotatable bonds is 3. The molecule has 1 heterocycles. The van der Waals surface area contributed by atoms with E-state index in [1.54, 1.807) is 12.3 Å². The Morgan fingerprint density at radius 2 is 1.84 bits per heavy atom. The normalized spacial score (nSPS) is 17.6. The summed E-state index contributed by atoms with van der Waals surface area (Å²) < 4.78 is 0. The molecule has 0 bridgehead atoms. The Morgan fingerprint density at radius 1 is 1.12 bits per heavy atom. The molecule has 3 rings (SSSR count). The number of nitriles is 1. The van der Waals surface area contributed by atoms with E-state index in [1.807, 2.05) is 42.5 Å². The van der Waals surface area contributed by atoms with Crippen LogP contribution in [0.15, 0.2) is 64.5 Å². The van der Waals surface area contributed by atoms with Gasteiger partial charge in [0, 0.05) is 0 Å². The van der Waals surface area contributed by atoms with Crippen molar-refractivity contribution in [3.05, 3.63) is 76.2 Å². The lowest BCUT2D eigenvalue weighted by Crippen LogP contribution is -2.19. The Hall–Kier alpha value is -3.10. The second-order valence-corrected chi connectivity index (χ2v) is 6.47. The second-order valence-electron chi connectivity index (χ2n) is 5.44. The van der Waals surface area contributed by atoms with Gasteiger partial charge in [-0.25, -0.2) is 0 Å². The molecule has 1 N–H and O–H groups in total. The number of carbonyl (C=O) groups excluding carboxylic acids is 1. The second kappa shape index (κ2) is 7.65. The van der Waals surface area contributed by atoms with Crippen molar-refractivity contribution >= 4 is 40.6 Å². The smallest absolute Gasteiger partial charge is 0.264 e. The topological polar surface area (TPSA) is 65.2 Å². The number of amides is 1. The molecular weight excluding hydrogens is 330 g/mol. The summed E-state index contributed by atoms with van der Waals surface area (Å²) in [6.07, 6.45) is 5.60. The maximum atomic E-state index is 11.8. The maximum absolute atomic E-state index is 11.8. The predicted molar refractivity (Wildman–Crippen MR) is 103 cm³/mol. The zero-order chi connectivity index (χ0) is 17.6. The van der Waals surface area contributed by atoms with E-state index in [4.69, 9.17) is 5.26 Å². The van der Waals surface area contributed by atoms with Crippen molar-refractivity contribution in [2.45, 2.75) is 6.92 Å². The Bertz CT molecular complexity index is 920. The van der Waals surface area contributed by atoms with Gasteiger partial charge in [-0.1, -0.05) is 60.7 Å². The highest BCUT2D eigenvalue weighted by Gasteiger charge is 2.23. The Balaban J connectivity index is 1.78. The number of benzene rings is 2. The van der Waals surface area contributed by atoms with Crippen LogP contribution in [0.1, 0.15) is 23.6 Å². The van der Waals surface area contributed by atoms with Gasteiger partial charge in [-0.3, -0.25) is 10.1 Å². The molecule has 1 amide bonds. The summed E-state index contributed by atoms with van der Waals surface area (Å²) in [7, 11) is 0. The van der Waals surface area contributed by atoms with E-state index in [-0.39, 0.29) is 5.91 Å². The van der Waals surface area contributed by atoms with Crippen molar-refractivity contribution < 1.29 is 4.79 Å². The minimum absolute atomic E-state index is 0.233. The van der Waals surface area contributed by atoms with Crippen LogP contribution in [0.2, 0.25) is 0 Å². The molecule has 2 aromatic rings. The van der Waals surface area contributed by atoms with Crippen LogP contribution in [0.5, 0.6) is 0 Å². The van der Waals surface area contributed by atoms with Crippen LogP contribution in [0.25, 0.3) is 17.7 Å². The van der Waals surface area contributed by atoms with Crippen molar-refractivity contribution in [3.8, 4) is 6.19 Å². The lowest BCUT2D eigenvalue weighted by molar-refractivity contribution is -0.115. The highest BCUT2D eigenvalue weighted by molar-refractivity contribution is 8.18. The van der Waals surface area contributed by atoms with Gasteiger partial charge in [-0.05, 0) is 47.0 Å². The zero-order valence-corrected chi connectivity index (χ0v) is 14.4. The van der Waals surface area contributed by atoms with E-state index in [1.165, 1.54) is 17.3 Å². The molecule has 1 saturated heterocycles. The standard InChI is InChI=1S/C20H15N3OS/c1-14(11-15-5-3-2-4-6-15)17-9-7-16(8-10-17)12-18-19(24)23-20(25-18)22-13-21/h2-12H,1H3,(H,22,23,24)/b14-11+,18-12+. The van der Waals surface area contributed by atoms with Gasteiger partial charge in [0.2, 0.25) is 6.19 Å². The molecule has 0 aliphatic carbocycles. The third-order valence-corrected chi connectivity index (χ3v) is 4.56. The summed E-state index contributed by atoms with van der Waals surface area (Å²) in [4.78, 5) is 15.9. The van der Waals surface area contributed by atoms with Crippen molar-refractivity contribution in [2.24, 2.45) is 4.99 Å². The van der Waals surface area contributed by atoms with Crippen molar-refractivity contribution in [3.63, 3.8) is 0 Å². The molecule has 4 nitrogen and oxygen atoms in total. The Labute approximate surface area is 150 Å². The minimum Gasteiger partial charge on any atom is -0.300 e. The number of hydrogen-bond donors (Lipinski definition) is 1. The summed E-state index contributed by atoms with van der Waals surface area (Å²) in [5, 5.41) is 11.4. The molecule has 1 aliphatic heterocycles. The number of hydrogen-bond acceptors (Lipinski definition) is 4. The predicted octanol–water partition coefficient (Wildman–Crippen LogP) is 4.29. The Kier molecular flexibility index (Phi) is 5.12. The first-order chi connectivity index (χ1) is 12.2. The molecule has 0 saturated carbocycles. The van der Waals surface area contributed by atoms with Crippen molar-refractivity contribution in [1.82, 2.24) is 5.32 Å². The van der Waals surface area contributed by atoms with Gasteiger partial charge < -0.3 is 0 Å². The summed E-state index contributed by atoms with van der Waals surface area (Å²) in [5.74, 6) is -0.233. The van der Waals surface area contributed by atoms with Crippen molar-refractivity contribution in [2.75, 3.05) is 0 Å². The average Bonchev–Trinajstić information content (AvgIpc) is 2.96. The van der Waals surface area contributed by atoms with Crippen LogP contribution in [-0.2, 0) is 4.79 Å². The van der Waals surface area contributed by atoms with Crippen molar-refractivity contribution in [1.29, 1.82) is 5.26 Å². The molecule has 0 aromatic heterocycles. The molecular formula is C20H15N3OS. The Morgan fingerprint density at radius 3 is 2.52 bits per heavy atom. The van der Waals surface area contributed by atoms with Crippen LogP contribution in [0, 0.1) is 11.5 Å². The van der Waals surface area contributed by atoms with E-state index >= 15 is 0 Å². The van der Waals surface area contributed by atoms with Crippen LogP contribution in [-0.4, -0.2) is 11.1 Å². The average molecular weight is 345 g/mol. The van der Waals surface area contributed by atoms with Crippen LogP contribution in [0.3, 0.4) is 0 Å². The van der Waals surface area contributed by atoms with E-state index in [9.17, 15) is 4.79 Å². The summed E-state index contributed by atoms with van der Waals surface area (Å²) in [6, 6.07) is 18.2. The van der Waals surface area contributed by atoms with Gasteiger partial charge >= 0.3 is 0 Å². The van der Waals surface area contributed by atoms with Gasteiger partial charge in [0.05, 0.1) is 4.91 Å². The molecule has 25 heavy (non-hydrogen) atoms. The van der Waals surface area contributed by atoms with Gasteiger partial charge in [0.1, 0.15) is 0 Å². The highest BCUT2D eigenvalue weighted by atomic mass is 32.2. The summed E-state index contributed by atoms with van der Waals surface area (Å²) in [6.45, 7) is 2.07. The van der Waals surface area contributed by atoms with E-state index in [0.717, 1.165) is 16.7 Å². The van der Waals surface area contributed by atoms with Gasteiger partial charge in [-0.15, -0.1) is 4.99 Å². The lowest BCUT2D eigenvalue weighted by Gasteiger charge is -2.03. The molecule has 0 atom stereocenters. The largest absolute Gasteiger partial charge is 0.300 e. The third kappa shape index (κ3) is 4.25. The highest BCUT2D eigenvalue weighted by Crippen LogP contribution is 2.26. The molecule has 2 aromatic carbocycles. The van der Waals surface area contributed by atoms with E-state index in [2.05, 4.69) is 35.4 Å². The quantitative estimate of drug-likeness (QED) is 0.513. The fraction of sp³-hybridized carbons (Fsp3) is 0.0500. The fourth-order valence-electron chi connectivity index (χ4n) is 2.40. The SMILES string of the molecule is C/C(=C\c1ccccc1)c1ccc(/C=C2/S/C(=N/C#N)NC2=O)cc1.